The summed E-state index contributed by atoms with van der Waals surface area (Å²) in [6.07, 6.45) is 0.323. The quantitative estimate of drug-likeness (QED) is 0.802. The summed E-state index contributed by atoms with van der Waals surface area (Å²) in [5, 5.41) is 0. The number of fused-ring (bicyclic) bond motifs is 1. The summed E-state index contributed by atoms with van der Waals surface area (Å²) in [5.41, 5.74) is 0.851. The highest BCUT2D eigenvalue weighted by molar-refractivity contribution is 7.92. The van der Waals surface area contributed by atoms with Crippen molar-refractivity contribution in [1.82, 2.24) is 13.1 Å². The van der Waals surface area contributed by atoms with Crippen molar-refractivity contribution in [3.63, 3.8) is 0 Å². The monoisotopic (exact) mass is 347 g/mol. The first-order valence-corrected chi connectivity index (χ1v) is 10.2. The summed E-state index contributed by atoms with van der Waals surface area (Å²) in [4.78, 5) is 0.0700. The van der Waals surface area contributed by atoms with Gasteiger partial charge in [-0.05, 0) is 18.6 Å². The molecule has 0 unspecified atom stereocenters. The number of hydrogen-bond donors (Lipinski definition) is 0. The van der Waals surface area contributed by atoms with Gasteiger partial charge in [-0.15, -0.1) is 0 Å². The molecule has 0 bridgehead atoms. The average molecular weight is 347 g/mol. The maximum absolute atomic E-state index is 12.7. The minimum Gasteiger partial charge on any atom is -0.229 e. The van der Waals surface area contributed by atoms with E-state index in [1.165, 1.54) is 13.1 Å². The van der Waals surface area contributed by atoms with Gasteiger partial charge in [-0.2, -0.15) is 13.1 Å². The van der Waals surface area contributed by atoms with Crippen LogP contribution in [0.5, 0.6) is 0 Å². The molecule has 7 nitrogen and oxygen atoms in total. The first-order valence-electron chi connectivity index (χ1n) is 6.21. The van der Waals surface area contributed by atoms with E-state index in [0.29, 0.717) is 17.5 Å². The topological polar surface area (TPSA) is 97.3 Å². The van der Waals surface area contributed by atoms with Crippen molar-refractivity contribution >= 4 is 42.6 Å². The van der Waals surface area contributed by atoms with Crippen LogP contribution in [0, 0.1) is 0 Å². The van der Waals surface area contributed by atoms with Crippen LogP contribution in [0.25, 0.3) is 11.0 Å². The summed E-state index contributed by atoms with van der Waals surface area (Å²) in [5.74, 6) is -0.103. The Morgan fingerprint density at radius 1 is 1.33 bits per heavy atom. The second-order valence-corrected chi connectivity index (χ2v) is 9.69. The van der Waals surface area contributed by atoms with Crippen molar-refractivity contribution in [2.45, 2.75) is 17.4 Å². The van der Waals surface area contributed by atoms with Crippen molar-refractivity contribution in [1.29, 1.82) is 0 Å². The van der Waals surface area contributed by atoms with Crippen LogP contribution in [0.2, 0.25) is 0 Å². The first kappa shape index (κ1) is 14.8. The molecule has 10 heteroatoms. The smallest absolute Gasteiger partial charge is 0.229 e. The molecule has 0 radical (unpaired) electrons. The number of sulfone groups is 1. The van der Waals surface area contributed by atoms with Crippen LogP contribution < -0.4 is 0 Å². The molecule has 0 spiro atoms. The number of benzene rings is 1. The molecule has 114 valence electrons. The maximum atomic E-state index is 12.7. The van der Waals surface area contributed by atoms with Crippen LogP contribution in [-0.2, 0) is 19.9 Å². The molecule has 21 heavy (non-hydrogen) atoms. The van der Waals surface area contributed by atoms with Crippen molar-refractivity contribution in [2.24, 2.45) is 0 Å². The minimum absolute atomic E-state index is 0.0278. The van der Waals surface area contributed by atoms with Gasteiger partial charge in [0, 0.05) is 13.1 Å². The Bertz CT molecular complexity index is 888. The number of hydrogen-bond acceptors (Lipinski definition) is 7. The van der Waals surface area contributed by atoms with Crippen LogP contribution in [0.3, 0.4) is 0 Å². The second kappa shape index (κ2) is 4.97. The van der Waals surface area contributed by atoms with Crippen molar-refractivity contribution < 1.29 is 16.8 Å². The van der Waals surface area contributed by atoms with Crippen LogP contribution in [-0.4, -0.2) is 54.5 Å². The molecule has 1 aliphatic rings. The van der Waals surface area contributed by atoms with E-state index in [1.54, 1.807) is 12.1 Å². The third-order valence-electron chi connectivity index (χ3n) is 3.63. The molecule has 1 saturated heterocycles. The molecule has 0 saturated carbocycles. The third kappa shape index (κ3) is 2.56. The van der Waals surface area contributed by atoms with Gasteiger partial charge in [0.2, 0.25) is 10.0 Å². The number of aromatic nitrogens is 2. The summed E-state index contributed by atoms with van der Waals surface area (Å²) in [6, 6.07) is 4.24. The van der Waals surface area contributed by atoms with Crippen LogP contribution in [0.1, 0.15) is 6.42 Å². The molecule has 3 rings (SSSR count). The summed E-state index contributed by atoms with van der Waals surface area (Å²) < 4.78 is 57.7. The zero-order chi connectivity index (χ0) is 15.3. The standard InChI is InChI=1S/C11H13N3O4S3/c1-14(8-5-6-20(15,16)7-8)21(17,18)10-4-2-3-9-11(10)13-19-12-9/h2-4,8H,5-7H2,1H3/t8-/m0/s1. The fourth-order valence-electron chi connectivity index (χ4n) is 2.40. The molecular formula is C11H13N3O4S3. The van der Waals surface area contributed by atoms with Gasteiger partial charge in [0.05, 0.1) is 23.2 Å². The largest absolute Gasteiger partial charge is 0.245 e. The summed E-state index contributed by atoms with van der Waals surface area (Å²) in [6.45, 7) is 0. The molecule has 2 heterocycles. The van der Waals surface area contributed by atoms with E-state index < -0.39 is 25.9 Å². The van der Waals surface area contributed by atoms with E-state index in [2.05, 4.69) is 8.75 Å². The Morgan fingerprint density at radius 3 is 2.76 bits per heavy atom. The molecule has 0 amide bonds. The highest BCUT2D eigenvalue weighted by Crippen LogP contribution is 2.27. The molecule has 1 aromatic carbocycles. The fraction of sp³-hybridized carbons (Fsp3) is 0.455. The molecule has 0 N–H and O–H groups in total. The summed E-state index contributed by atoms with van der Waals surface area (Å²) >= 11 is 0.948. The molecule has 0 aliphatic carbocycles. The van der Waals surface area contributed by atoms with Gasteiger partial charge in [0.25, 0.3) is 0 Å². The van der Waals surface area contributed by atoms with E-state index in [4.69, 9.17) is 0 Å². The molecule has 2 aromatic rings. The van der Waals surface area contributed by atoms with Crippen LogP contribution in [0.15, 0.2) is 23.1 Å². The van der Waals surface area contributed by atoms with E-state index in [-0.39, 0.29) is 16.4 Å². The van der Waals surface area contributed by atoms with Crippen LogP contribution >= 0.6 is 11.7 Å². The van der Waals surface area contributed by atoms with Gasteiger partial charge < -0.3 is 0 Å². The number of sulfonamides is 1. The highest BCUT2D eigenvalue weighted by atomic mass is 32.2. The number of rotatable bonds is 3. The number of nitrogens with zero attached hydrogens (tertiary/aromatic N) is 3. The van der Waals surface area contributed by atoms with Gasteiger partial charge in [-0.25, -0.2) is 16.8 Å². The van der Waals surface area contributed by atoms with Crippen molar-refractivity contribution in [3.8, 4) is 0 Å². The van der Waals surface area contributed by atoms with Gasteiger partial charge in [-0.3, -0.25) is 0 Å². The van der Waals surface area contributed by atoms with Gasteiger partial charge in [0.15, 0.2) is 9.84 Å². The zero-order valence-corrected chi connectivity index (χ0v) is 13.6. The van der Waals surface area contributed by atoms with Crippen LogP contribution in [0.4, 0.5) is 0 Å². The zero-order valence-electron chi connectivity index (χ0n) is 11.1. The average Bonchev–Trinajstić information content (AvgIpc) is 3.03. The maximum Gasteiger partial charge on any atom is 0.245 e. The van der Waals surface area contributed by atoms with E-state index >= 15 is 0 Å². The lowest BCUT2D eigenvalue weighted by molar-refractivity contribution is 0.394. The predicted molar refractivity (Wildman–Crippen MR) is 79.4 cm³/mol. The molecular weight excluding hydrogens is 334 g/mol. The lowest BCUT2D eigenvalue weighted by Gasteiger charge is -2.22. The fourth-order valence-corrected chi connectivity index (χ4v) is 6.41. The van der Waals surface area contributed by atoms with E-state index in [1.807, 2.05) is 0 Å². The Hall–Kier alpha value is -1.10. The van der Waals surface area contributed by atoms with Crippen molar-refractivity contribution in [2.75, 3.05) is 18.6 Å². The van der Waals surface area contributed by atoms with Gasteiger partial charge in [0.1, 0.15) is 15.9 Å². The van der Waals surface area contributed by atoms with Gasteiger partial charge in [-0.1, -0.05) is 6.07 Å². The second-order valence-electron chi connectivity index (χ2n) is 4.97. The lowest BCUT2D eigenvalue weighted by Crippen LogP contribution is -2.37. The Morgan fingerprint density at radius 2 is 2.10 bits per heavy atom. The normalized spacial score (nSPS) is 22.1. The van der Waals surface area contributed by atoms with Crippen molar-refractivity contribution in [3.05, 3.63) is 18.2 Å². The lowest BCUT2D eigenvalue weighted by atomic mass is 10.3. The third-order valence-corrected chi connectivity index (χ3v) is 7.86. The van der Waals surface area contributed by atoms with E-state index in [0.717, 1.165) is 16.0 Å². The van der Waals surface area contributed by atoms with Gasteiger partial charge >= 0.3 is 0 Å². The summed E-state index contributed by atoms with van der Waals surface area (Å²) in [7, 11) is -5.53. The Kier molecular flexibility index (Phi) is 3.51. The predicted octanol–water partition coefficient (Wildman–Crippen LogP) is 0.499. The molecule has 1 aliphatic heterocycles. The Balaban J connectivity index is 2.03. The molecule has 1 fully saturated rings. The first-order chi connectivity index (χ1) is 9.81. The molecule has 1 atom stereocenters. The minimum atomic E-state index is -3.80. The Labute approximate surface area is 126 Å². The highest BCUT2D eigenvalue weighted by Gasteiger charge is 2.37. The van der Waals surface area contributed by atoms with E-state index in [9.17, 15) is 16.8 Å². The molecule has 1 aromatic heterocycles. The SMILES string of the molecule is CN([C@H]1CCS(=O)(=O)C1)S(=O)(=O)c1cccc2nsnc12.